The maximum atomic E-state index is 11.7. The third kappa shape index (κ3) is 9.79. The van der Waals surface area contributed by atoms with Crippen LogP contribution in [0.25, 0.3) is 0 Å². The van der Waals surface area contributed by atoms with Crippen LogP contribution in [0, 0.1) is 0 Å². The number of carbonyl (C=O) groups is 2. The zero-order valence-corrected chi connectivity index (χ0v) is 19.8. The number of hydrogen-bond acceptors (Lipinski definition) is 6. The van der Waals surface area contributed by atoms with Gasteiger partial charge < -0.3 is 14.8 Å². The fourth-order valence-electron chi connectivity index (χ4n) is 2.76. The first-order valence-corrected chi connectivity index (χ1v) is 11.1. The number of thiazole rings is 1. The van der Waals surface area contributed by atoms with Gasteiger partial charge in [-0.3, -0.25) is 4.79 Å². The Balaban J connectivity index is 2.77. The van der Waals surface area contributed by atoms with E-state index in [9.17, 15) is 9.59 Å². The van der Waals surface area contributed by atoms with E-state index in [1.165, 1.54) is 14.0 Å². The van der Waals surface area contributed by atoms with Crippen molar-refractivity contribution in [3.8, 4) is 0 Å². The van der Waals surface area contributed by atoms with Gasteiger partial charge in [-0.25, -0.2) is 9.78 Å². The molecule has 31 heavy (non-hydrogen) atoms. The monoisotopic (exact) mass is 446 g/mol. The van der Waals surface area contributed by atoms with Gasteiger partial charge in [0.2, 0.25) is 0 Å². The number of hydrogen-bond donors (Lipinski definition) is 1. The molecule has 170 valence electrons. The Kier molecular flexibility index (Phi) is 11.6. The van der Waals surface area contributed by atoms with Gasteiger partial charge in [-0.15, -0.1) is 17.9 Å². The van der Waals surface area contributed by atoms with Gasteiger partial charge in [0.15, 0.2) is 0 Å². The van der Waals surface area contributed by atoms with Crippen molar-refractivity contribution < 1.29 is 19.1 Å². The fourth-order valence-corrected chi connectivity index (χ4v) is 3.76. The minimum atomic E-state index is -0.465. The molecule has 0 fully saturated rings. The molecule has 7 heteroatoms. The van der Waals surface area contributed by atoms with E-state index in [1.54, 1.807) is 11.3 Å². The van der Waals surface area contributed by atoms with E-state index >= 15 is 0 Å². The smallest absolute Gasteiger partial charge is 0.406 e. The third-order valence-electron chi connectivity index (χ3n) is 4.62. The van der Waals surface area contributed by atoms with Crippen LogP contribution in [-0.2, 0) is 26.1 Å². The zero-order valence-electron chi connectivity index (χ0n) is 19.0. The van der Waals surface area contributed by atoms with E-state index in [1.807, 2.05) is 37.5 Å². The van der Waals surface area contributed by atoms with Crippen LogP contribution < -0.4 is 5.32 Å². The molecule has 0 aliphatic heterocycles. The van der Waals surface area contributed by atoms with Crippen molar-refractivity contribution in [2.45, 2.75) is 58.0 Å². The lowest BCUT2D eigenvalue weighted by atomic mass is 9.85. The van der Waals surface area contributed by atoms with Crippen molar-refractivity contribution in [1.29, 1.82) is 0 Å². The van der Waals surface area contributed by atoms with Crippen LogP contribution in [0.5, 0.6) is 0 Å². The van der Waals surface area contributed by atoms with Crippen molar-refractivity contribution in [2.24, 2.45) is 0 Å². The molecule has 1 rings (SSSR count). The maximum absolute atomic E-state index is 11.7. The predicted molar refractivity (Wildman–Crippen MR) is 126 cm³/mol. The standard InChI is InChI=1S/C24H34N2O4S/c1-7-8-9-10-13-20-17-31-22(26-20)24(4,5)21(30-19(3)27)14-11-12-18(2)15-16-25-23(28)29-6/h7,9-12,17,21H,1-2,8,13-16H2,3-6H3,(H,25,28)/b10-9+,12-11-/t21-/m1/s1. The van der Waals surface area contributed by atoms with Gasteiger partial charge in [0, 0.05) is 31.7 Å². The van der Waals surface area contributed by atoms with Crippen molar-refractivity contribution >= 4 is 23.4 Å². The molecular formula is C24H34N2O4S. The average Bonchev–Trinajstić information content (AvgIpc) is 3.20. The number of carbonyl (C=O) groups excluding carboxylic acids is 2. The SMILES string of the molecule is C=CC/C=C/Cc1csc(C(C)(C)[C@@H](C/C=C\C(=C)CCNC(=O)OC)OC(C)=O)n1. The summed E-state index contributed by atoms with van der Waals surface area (Å²) < 4.78 is 10.2. The van der Waals surface area contributed by atoms with E-state index in [2.05, 4.69) is 35.4 Å². The highest BCUT2D eigenvalue weighted by molar-refractivity contribution is 7.09. The van der Waals surface area contributed by atoms with E-state index < -0.39 is 11.5 Å². The Morgan fingerprint density at radius 1 is 1.32 bits per heavy atom. The summed E-state index contributed by atoms with van der Waals surface area (Å²) >= 11 is 1.58. The summed E-state index contributed by atoms with van der Waals surface area (Å²) in [6, 6.07) is 0. The first-order chi connectivity index (χ1) is 14.7. The lowest BCUT2D eigenvalue weighted by Gasteiger charge is -2.31. The van der Waals surface area contributed by atoms with Crippen LogP contribution in [-0.4, -0.2) is 36.8 Å². The molecule has 0 saturated carbocycles. The first kappa shape index (κ1) is 26.4. The van der Waals surface area contributed by atoms with Gasteiger partial charge in [-0.05, 0) is 26.7 Å². The number of nitrogens with one attached hydrogen (secondary N) is 1. The number of amides is 1. The molecular weight excluding hydrogens is 412 g/mol. The minimum absolute atomic E-state index is 0.322. The topological polar surface area (TPSA) is 77.5 Å². The van der Waals surface area contributed by atoms with Gasteiger partial charge in [0.25, 0.3) is 0 Å². The summed E-state index contributed by atoms with van der Waals surface area (Å²) in [6.07, 6.45) is 11.7. The summed E-state index contributed by atoms with van der Waals surface area (Å²) in [6.45, 7) is 13.6. The zero-order chi connectivity index (χ0) is 23.3. The molecule has 0 unspecified atom stereocenters. The lowest BCUT2D eigenvalue weighted by Crippen LogP contribution is -2.37. The number of aromatic nitrogens is 1. The van der Waals surface area contributed by atoms with Crippen LogP contribution in [0.15, 0.2) is 54.5 Å². The molecule has 0 saturated heterocycles. The molecule has 1 aromatic rings. The Hall–Kier alpha value is -2.67. The number of rotatable bonds is 13. The normalized spacial score (nSPS) is 12.6. The Morgan fingerprint density at radius 3 is 2.71 bits per heavy atom. The summed E-state index contributed by atoms with van der Waals surface area (Å²) in [5.41, 5.74) is 1.41. The highest BCUT2D eigenvalue weighted by Gasteiger charge is 2.35. The Bertz CT molecular complexity index is 808. The van der Waals surface area contributed by atoms with E-state index in [-0.39, 0.29) is 12.1 Å². The average molecular weight is 447 g/mol. The third-order valence-corrected chi connectivity index (χ3v) is 5.85. The Labute approximate surface area is 189 Å². The van der Waals surface area contributed by atoms with Crippen molar-refractivity contribution in [3.05, 3.63) is 65.2 Å². The van der Waals surface area contributed by atoms with Gasteiger partial charge in [-0.1, -0.05) is 42.5 Å². The molecule has 0 radical (unpaired) electrons. The molecule has 0 aliphatic rings. The van der Waals surface area contributed by atoms with Gasteiger partial charge in [-0.2, -0.15) is 0 Å². The number of methoxy groups -OCH3 is 1. The minimum Gasteiger partial charge on any atom is -0.461 e. The molecule has 0 bridgehead atoms. The molecule has 6 nitrogen and oxygen atoms in total. The molecule has 1 N–H and O–H groups in total. The molecule has 1 heterocycles. The van der Waals surface area contributed by atoms with E-state index in [0.717, 1.165) is 29.1 Å². The van der Waals surface area contributed by atoms with Crippen molar-refractivity contribution in [2.75, 3.05) is 13.7 Å². The summed E-state index contributed by atoms with van der Waals surface area (Å²) in [7, 11) is 1.33. The highest BCUT2D eigenvalue weighted by Crippen LogP contribution is 2.34. The number of alkyl carbamates (subject to hydrolysis) is 1. The van der Waals surface area contributed by atoms with Crippen molar-refractivity contribution in [3.63, 3.8) is 0 Å². The molecule has 0 spiro atoms. The fraction of sp³-hybridized carbons (Fsp3) is 0.458. The van der Waals surface area contributed by atoms with Gasteiger partial charge >= 0.3 is 12.1 Å². The molecule has 1 amide bonds. The van der Waals surface area contributed by atoms with Crippen LogP contribution in [0.4, 0.5) is 4.79 Å². The molecule has 1 atom stereocenters. The highest BCUT2D eigenvalue weighted by atomic mass is 32.1. The van der Waals surface area contributed by atoms with Gasteiger partial charge in [0.05, 0.1) is 18.2 Å². The van der Waals surface area contributed by atoms with E-state index in [0.29, 0.717) is 19.4 Å². The number of esters is 1. The second-order valence-electron chi connectivity index (χ2n) is 7.63. The lowest BCUT2D eigenvalue weighted by molar-refractivity contribution is -0.149. The summed E-state index contributed by atoms with van der Waals surface area (Å²) in [5.74, 6) is -0.322. The quantitative estimate of drug-likeness (QED) is 0.253. The molecule has 1 aromatic heterocycles. The van der Waals surface area contributed by atoms with Gasteiger partial charge in [0.1, 0.15) is 11.1 Å². The molecule has 0 aliphatic carbocycles. The molecule has 0 aromatic carbocycles. The number of nitrogens with zero attached hydrogens (tertiary/aromatic N) is 1. The summed E-state index contributed by atoms with van der Waals surface area (Å²) in [4.78, 5) is 27.6. The second-order valence-corrected chi connectivity index (χ2v) is 8.49. The Morgan fingerprint density at radius 2 is 2.06 bits per heavy atom. The number of ether oxygens (including phenoxy) is 2. The predicted octanol–water partition coefficient (Wildman–Crippen LogP) is 5.28. The van der Waals surface area contributed by atoms with Crippen molar-refractivity contribution in [1.82, 2.24) is 10.3 Å². The van der Waals surface area contributed by atoms with Crippen LogP contribution in [0.1, 0.15) is 50.7 Å². The number of allylic oxidation sites excluding steroid dienone is 4. The van der Waals surface area contributed by atoms with E-state index in [4.69, 9.17) is 9.72 Å². The van der Waals surface area contributed by atoms with Crippen LogP contribution in [0.2, 0.25) is 0 Å². The first-order valence-electron chi connectivity index (χ1n) is 10.2. The van der Waals surface area contributed by atoms with Crippen LogP contribution in [0.3, 0.4) is 0 Å². The second kappa shape index (κ2) is 13.6. The van der Waals surface area contributed by atoms with Crippen LogP contribution >= 0.6 is 11.3 Å². The maximum Gasteiger partial charge on any atom is 0.406 e. The summed E-state index contributed by atoms with van der Waals surface area (Å²) in [5, 5.41) is 5.59. The largest absolute Gasteiger partial charge is 0.461 e.